The third-order valence-corrected chi connectivity index (χ3v) is 5.03. The molecule has 3 aliphatic rings. The zero-order chi connectivity index (χ0) is 10.1. The number of ether oxygens (including phenoxy) is 1. The van der Waals surface area contributed by atoms with Crippen molar-refractivity contribution < 1.29 is 22.4 Å². The number of nitriles is 1. The number of aliphatic hydroxyl groups excluding tert-OH is 1. The highest BCUT2D eigenvalue weighted by molar-refractivity contribution is 7.88. The number of aliphatic hydroxyl groups is 1. The van der Waals surface area contributed by atoms with Crippen LogP contribution in [0.3, 0.4) is 0 Å². The molecule has 5 unspecified atom stereocenters. The van der Waals surface area contributed by atoms with Crippen molar-refractivity contribution in [2.45, 2.75) is 35.6 Å². The molecule has 3 rings (SSSR count). The first-order chi connectivity index (χ1) is 6.52. The molecular formula is C7H7NO5S. The molecule has 3 heterocycles. The lowest BCUT2D eigenvalue weighted by Gasteiger charge is -2.20. The van der Waals surface area contributed by atoms with Gasteiger partial charge in [-0.25, -0.2) is 0 Å². The van der Waals surface area contributed by atoms with Crippen molar-refractivity contribution in [2.75, 3.05) is 0 Å². The van der Waals surface area contributed by atoms with Gasteiger partial charge < -0.3 is 9.84 Å². The van der Waals surface area contributed by atoms with Crippen molar-refractivity contribution in [3.8, 4) is 6.07 Å². The molecule has 0 spiro atoms. The summed E-state index contributed by atoms with van der Waals surface area (Å²) in [7, 11) is -3.92. The maximum absolute atomic E-state index is 11.5. The van der Waals surface area contributed by atoms with E-state index >= 15 is 0 Å². The Balaban J connectivity index is 2.22. The summed E-state index contributed by atoms with van der Waals surface area (Å²) in [4.78, 5) is 0. The van der Waals surface area contributed by atoms with Crippen LogP contribution >= 0.6 is 0 Å². The zero-order valence-electron chi connectivity index (χ0n) is 6.95. The Morgan fingerprint density at radius 2 is 2.29 bits per heavy atom. The van der Waals surface area contributed by atoms with Gasteiger partial charge in [0.25, 0.3) is 10.1 Å². The second-order valence-electron chi connectivity index (χ2n) is 3.81. The minimum atomic E-state index is -3.92. The van der Waals surface area contributed by atoms with Gasteiger partial charge in [0, 0.05) is 6.42 Å². The summed E-state index contributed by atoms with van der Waals surface area (Å²) in [5.74, 6) is 0. The first-order valence-corrected chi connectivity index (χ1v) is 5.60. The van der Waals surface area contributed by atoms with Crippen LogP contribution in [0, 0.1) is 11.3 Å². The molecule has 76 valence electrons. The van der Waals surface area contributed by atoms with Crippen LogP contribution in [0.5, 0.6) is 0 Å². The van der Waals surface area contributed by atoms with Crippen molar-refractivity contribution in [3.63, 3.8) is 0 Å². The van der Waals surface area contributed by atoms with Gasteiger partial charge in [0.15, 0.2) is 0 Å². The Hall–Kier alpha value is -0.680. The van der Waals surface area contributed by atoms with E-state index in [1.54, 1.807) is 6.07 Å². The normalized spacial score (nSPS) is 57.4. The summed E-state index contributed by atoms with van der Waals surface area (Å²) < 4.78 is 31.4. The fourth-order valence-corrected chi connectivity index (χ4v) is 4.08. The van der Waals surface area contributed by atoms with Gasteiger partial charge in [-0.1, -0.05) is 0 Å². The monoisotopic (exact) mass is 217 g/mol. The van der Waals surface area contributed by atoms with E-state index in [9.17, 15) is 13.5 Å². The average molecular weight is 217 g/mol. The second kappa shape index (κ2) is 2.12. The molecule has 7 heteroatoms. The minimum absolute atomic E-state index is 0.00810. The highest BCUT2D eigenvalue weighted by Gasteiger charge is 2.75. The Labute approximate surface area is 80.2 Å². The van der Waals surface area contributed by atoms with Crippen molar-refractivity contribution in [3.05, 3.63) is 0 Å². The Morgan fingerprint density at radius 3 is 2.86 bits per heavy atom. The minimum Gasteiger partial charge on any atom is -0.388 e. The van der Waals surface area contributed by atoms with Gasteiger partial charge in [0.05, 0.1) is 12.2 Å². The molecule has 5 atom stereocenters. The molecule has 0 aromatic rings. The van der Waals surface area contributed by atoms with Crippen molar-refractivity contribution in [1.29, 1.82) is 5.26 Å². The number of hydrogen-bond acceptors (Lipinski definition) is 6. The van der Waals surface area contributed by atoms with Crippen LogP contribution in [0.1, 0.15) is 6.42 Å². The molecule has 0 saturated carbocycles. The van der Waals surface area contributed by atoms with Crippen LogP contribution in [-0.4, -0.2) is 42.7 Å². The molecule has 0 amide bonds. The van der Waals surface area contributed by atoms with Crippen LogP contribution in [0.2, 0.25) is 0 Å². The lowest BCUT2D eigenvalue weighted by Crippen LogP contribution is -2.46. The van der Waals surface area contributed by atoms with E-state index in [1.165, 1.54) is 0 Å². The van der Waals surface area contributed by atoms with Gasteiger partial charge in [-0.05, 0) is 0 Å². The predicted octanol–water partition coefficient (Wildman–Crippen LogP) is -1.49. The van der Waals surface area contributed by atoms with E-state index in [2.05, 4.69) is 0 Å². The van der Waals surface area contributed by atoms with Crippen molar-refractivity contribution >= 4 is 10.1 Å². The Kier molecular flexibility index (Phi) is 1.30. The number of fused-ring (bicyclic) bond motifs is 1. The smallest absolute Gasteiger partial charge is 0.290 e. The predicted molar refractivity (Wildman–Crippen MR) is 41.4 cm³/mol. The van der Waals surface area contributed by atoms with E-state index < -0.39 is 39.3 Å². The van der Waals surface area contributed by atoms with E-state index in [0.717, 1.165) is 0 Å². The van der Waals surface area contributed by atoms with Crippen molar-refractivity contribution in [2.24, 2.45) is 0 Å². The summed E-state index contributed by atoms with van der Waals surface area (Å²) in [6.07, 6.45) is -3.22. The molecule has 6 nitrogen and oxygen atoms in total. The van der Waals surface area contributed by atoms with Gasteiger partial charge in [0.2, 0.25) is 4.75 Å². The molecule has 3 saturated heterocycles. The van der Waals surface area contributed by atoms with Crippen LogP contribution in [0.4, 0.5) is 0 Å². The van der Waals surface area contributed by atoms with Gasteiger partial charge in [-0.3, -0.25) is 4.18 Å². The largest absolute Gasteiger partial charge is 0.388 e. The number of rotatable bonds is 0. The van der Waals surface area contributed by atoms with Gasteiger partial charge >= 0.3 is 0 Å². The van der Waals surface area contributed by atoms with Crippen LogP contribution in [-0.2, 0) is 19.0 Å². The molecule has 14 heavy (non-hydrogen) atoms. The SMILES string of the molecule is N#CC12CC3OC1C(OS2(=O)=O)C3O. The number of hydrogen-bond donors (Lipinski definition) is 1. The van der Waals surface area contributed by atoms with E-state index in [1.807, 2.05) is 0 Å². The van der Waals surface area contributed by atoms with Gasteiger partial charge in [-0.15, -0.1) is 0 Å². The van der Waals surface area contributed by atoms with E-state index in [4.69, 9.17) is 14.2 Å². The van der Waals surface area contributed by atoms with E-state index in [0.29, 0.717) is 0 Å². The summed E-state index contributed by atoms with van der Waals surface area (Å²) in [6, 6.07) is 1.76. The summed E-state index contributed by atoms with van der Waals surface area (Å²) in [5.41, 5.74) is 0. The van der Waals surface area contributed by atoms with Crippen molar-refractivity contribution in [1.82, 2.24) is 0 Å². The summed E-state index contributed by atoms with van der Waals surface area (Å²) in [6.45, 7) is 0. The average Bonchev–Trinajstić information content (AvgIpc) is 2.67. The molecular weight excluding hydrogens is 210 g/mol. The molecule has 3 fully saturated rings. The number of nitrogens with zero attached hydrogens (tertiary/aromatic N) is 1. The molecule has 2 bridgehead atoms. The van der Waals surface area contributed by atoms with Crippen LogP contribution in [0.25, 0.3) is 0 Å². The second-order valence-corrected chi connectivity index (χ2v) is 5.64. The molecule has 1 N–H and O–H groups in total. The lowest BCUT2D eigenvalue weighted by molar-refractivity contribution is 0.0401. The quantitative estimate of drug-likeness (QED) is 0.496. The standard InChI is InChI=1S/C7H7NO5S/c8-2-7-1-3-4(9)5(6(7)12-3)13-14(7,10)11/h3-6,9H,1H2. The highest BCUT2D eigenvalue weighted by Crippen LogP contribution is 2.53. The van der Waals surface area contributed by atoms with Gasteiger partial charge in [0.1, 0.15) is 18.3 Å². The first kappa shape index (κ1) is 8.61. The highest BCUT2D eigenvalue weighted by atomic mass is 32.2. The molecule has 0 aliphatic carbocycles. The molecule has 3 aliphatic heterocycles. The third-order valence-electron chi connectivity index (χ3n) is 3.17. The fourth-order valence-electron chi connectivity index (χ4n) is 2.45. The maximum atomic E-state index is 11.5. The summed E-state index contributed by atoms with van der Waals surface area (Å²) in [5, 5.41) is 18.4. The Bertz CT molecular complexity index is 439. The Morgan fingerprint density at radius 1 is 1.57 bits per heavy atom. The first-order valence-electron chi connectivity index (χ1n) is 4.19. The maximum Gasteiger partial charge on any atom is 0.290 e. The summed E-state index contributed by atoms with van der Waals surface area (Å²) >= 11 is 0. The third kappa shape index (κ3) is 0.642. The van der Waals surface area contributed by atoms with Crippen LogP contribution < -0.4 is 0 Å². The topological polar surface area (TPSA) is 96.6 Å². The molecule has 0 radical (unpaired) electrons. The molecule has 0 aromatic heterocycles. The molecule has 0 aromatic carbocycles. The van der Waals surface area contributed by atoms with Gasteiger partial charge in [-0.2, -0.15) is 13.7 Å². The lowest BCUT2D eigenvalue weighted by atomic mass is 9.86. The van der Waals surface area contributed by atoms with E-state index in [-0.39, 0.29) is 6.42 Å². The van der Waals surface area contributed by atoms with Crippen LogP contribution in [0.15, 0.2) is 0 Å². The zero-order valence-corrected chi connectivity index (χ0v) is 7.77. The fraction of sp³-hybridized carbons (Fsp3) is 0.857.